The molecule has 3 heterocycles. The van der Waals surface area contributed by atoms with Gasteiger partial charge in [-0.3, -0.25) is 4.79 Å². The van der Waals surface area contributed by atoms with Crippen molar-refractivity contribution < 1.29 is 9.53 Å². The number of benzene rings is 1. The molecule has 2 atom stereocenters. The molecule has 3 aliphatic rings. The van der Waals surface area contributed by atoms with Gasteiger partial charge in [-0.25, -0.2) is 5.43 Å². The summed E-state index contributed by atoms with van der Waals surface area (Å²) >= 11 is 0. The van der Waals surface area contributed by atoms with Gasteiger partial charge >= 0.3 is 0 Å². The molecule has 1 aromatic rings. The van der Waals surface area contributed by atoms with Crippen molar-refractivity contribution in [1.82, 2.24) is 10.7 Å². The van der Waals surface area contributed by atoms with E-state index in [2.05, 4.69) is 41.8 Å². The third-order valence-electron chi connectivity index (χ3n) is 5.54. The second kappa shape index (κ2) is 4.96. The summed E-state index contributed by atoms with van der Waals surface area (Å²) in [4.78, 5) is 14.0. The van der Waals surface area contributed by atoms with Gasteiger partial charge in [-0.05, 0) is 36.0 Å². The van der Waals surface area contributed by atoms with Crippen molar-refractivity contribution in [3.05, 3.63) is 23.8 Å². The first-order valence-electron chi connectivity index (χ1n) is 8.13. The molecule has 0 spiro atoms. The Kier molecular flexibility index (Phi) is 3.13. The molecule has 1 aromatic carbocycles. The van der Waals surface area contributed by atoms with Gasteiger partial charge in [0.15, 0.2) is 5.84 Å². The summed E-state index contributed by atoms with van der Waals surface area (Å²) < 4.78 is 5.80. The first kappa shape index (κ1) is 14.5. The Morgan fingerprint density at radius 2 is 2.22 bits per heavy atom. The van der Waals surface area contributed by atoms with E-state index in [1.165, 1.54) is 5.56 Å². The SMILES string of the molecule is CC1C(=O)NN=C2COc3ccc(C(C)C4(C)CNC4)cc3N21. The predicted molar refractivity (Wildman–Crippen MR) is 88.8 cm³/mol. The molecule has 1 fully saturated rings. The van der Waals surface area contributed by atoms with Crippen molar-refractivity contribution in [2.75, 3.05) is 24.6 Å². The number of carbonyl (C=O) groups excluding carboxylic acids is 1. The number of hydrazone groups is 1. The standard InChI is InChI=1S/C17H22N4O2/c1-10(17(3)8-18-9-17)12-4-5-14-13(6-12)21-11(2)16(22)20-19-15(21)7-23-14/h4-6,10-11,18H,7-9H2,1-3H3,(H,20,22). The predicted octanol–water partition coefficient (Wildman–Crippen LogP) is 1.43. The highest BCUT2D eigenvalue weighted by molar-refractivity contribution is 6.09. The highest BCUT2D eigenvalue weighted by atomic mass is 16.5. The van der Waals surface area contributed by atoms with Crippen molar-refractivity contribution in [3.63, 3.8) is 0 Å². The van der Waals surface area contributed by atoms with Crippen molar-refractivity contribution in [3.8, 4) is 5.75 Å². The molecule has 23 heavy (non-hydrogen) atoms. The average Bonchev–Trinajstić information content (AvgIpc) is 2.54. The number of ether oxygens (including phenoxy) is 1. The highest BCUT2D eigenvalue weighted by Crippen LogP contribution is 2.43. The lowest BCUT2D eigenvalue weighted by Gasteiger charge is -2.45. The van der Waals surface area contributed by atoms with Crippen LogP contribution >= 0.6 is 0 Å². The minimum atomic E-state index is -0.281. The molecule has 2 unspecified atom stereocenters. The molecule has 0 radical (unpaired) electrons. The fraction of sp³-hybridized carbons (Fsp3) is 0.529. The van der Waals surface area contributed by atoms with Gasteiger partial charge in [0, 0.05) is 13.1 Å². The number of nitrogens with zero attached hydrogens (tertiary/aromatic N) is 2. The second-order valence-electron chi connectivity index (χ2n) is 7.05. The monoisotopic (exact) mass is 314 g/mol. The summed E-state index contributed by atoms with van der Waals surface area (Å²) in [5.74, 6) is 1.92. The van der Waals surface area contributed by atoms with Crippen LogP contribution in [-0.2, 0) is 4.79 Å². The topological polar surface area (TPSA) is 66.0 Å². The van der Waals surface area contributed by atoms with E-state index in [0.29, 0.717) is 12.5 Å². The molecule has 0 aliphatic carbocycles. The lowest BCUT2D eigenvalue weighted by atomic mass is 9.70. The molecule has 122 valence electrons. The largest absolute Gasteiger partial charge is 0.483 e. The molecule has 3 aliphatic heterocycles. The number of amidine groups is 1. The van der Waals surface area contributed by atoms with Gasteiger partial charge < -0.3 is 15.0 Å². The Bertz CT molecular complexity index is 696. The number of hydrogen-bond acceptors (Lipinski definition) is 5. The number of amides is 1. The van der Waals surface area contributed by atoms with E-state index in [0.717, 1.165) is 30.4 Å². The Labute approximate surface area is 135 Å². The summed E-state index contributed by atoms with van der Waals surface area (Å²) in [6.45, 7) is 8.94. The quantitative estimate of drug-likeness (QED) is 0.867. The van der Waals surface area contributed by atoms with Gasteiger partial charge in [0.2, 0.25) is 0 Å². The van der Waals surface area contributed by atoms with Gasteiger partial charge in [-0.1, -0.05) is 19.9 Å². The molecule has 4 rings (SSSR count). The first-order chi connectivity index (χ1) is 11.0. The van der Waals surface area contributed by atoms with E-state index < -0.39 is 0 Å². The van der Waals surface area contributed by atoms with Gasteiger partial charge in [0.1, 0.15) is 18.4 Å². The molecular formula is C17H22N4O2. The zero-order valence-electron chi connectivity index (χ0n) is 13.7. The van der Waals surface area contributed by atoms with E-state index in [1.54, 1.807) is 0 Å². The number of rotatable bonds is 2. The van der Waals surface area contributed by atoms with Crippen LogP contribution in [-0.4, -0.2) is 37.5 Å². The maximum Gasteiger partial charge on any atom is 0.262 e. The molecule has 0 bridgehead atoms. The minimum Gasteiger partial charge on any atom is -0.483 e. The molecule has 2 N–H and O–H groups in total. The molecular weight excluding hydrogens is 292 g/mol. The molecule has 0 saturated carbocycles. The normalized spacial score (nSPS) is 26.0. The number of carbonyl (C=O) groups is 1. The van der Waals surface area contributed by atoms with Gasteiger partial charge in [-0.15, -0.1) is 0 Å². The first-order valence-corrected chi connectivity index (χ1v) is 8.13. The van der Waals surface area contributed by atoms with Crippen LogP contribution in [0.15, 0.2) is 23.3 Å². The van der Waals surface area contributed by atoms with Gasteiger partial charge in [0.05, 0.1) is 5.69 Å². The van der Waals surface area contributed by atoms with Gasteiger partial charge in [-0.2, -0.15) is 5.10 Å². The third-order valence-corrected chi connectivity index (χ3v) is 5.54. The van der Waals surface area contributed by atoms with E-state index in [9.17, 15) is 4.79 Å². The summed E-state index contributed by atoms with van der Waals surface area (Å²) in [5, 5.41) is 7.51. The van der Waals surface area contributed by atoms with Crippen LogP contribution in [0.25, 0.3) is 0 Å². The smallest absolute Gasteiger partial charge is 0.262 e. The van der Waals surface area contributed by atoms with Crippen LogP contribution in [0.2, 0.25) is 0 Å². The second-order valence-corrected chi connectivity index (χ2v) is 7.05. The fourth-order valence-corrected chi connectivity index (χ4v) is 3.54. The van der Waals surface area contributed by atoms with Crippen LogP contribution in [0.3, 0.4) is 0 Å². The summed E-state index contributed by atoms with van der Waals surface area (Å²) in [6.07, 6.45) is 0. The van der Waals surface area contributed by atoms with Crippen LogP contribution in [0.5, 0.6) is 5.75 Å². The van der Waals surface area contributed by atoms with Crippen molar-refractivity contribution in [2.45, 2.75) is 32.7 Å². The molecule has 1 amide bonds. The molecule has 0 aromatic heterocycles. The lowest BCUT2D eigenvalue weighted by Crippen LogP contribution is -2.55. The Balaban J connectivity index is 1.74. The van der Waals surface area contributed by atoms with E-state index in [1.807, 2.05) is 17.9 Å². The van der Waals surface area contributed by atoms with Crippen LogP contribution in [0.4, 0.5) is 5.69 Å². The molecule has 1 saturated heterocycles. The maximum absolute atomic E-state index is 12.0. The van der Waals surface area contributed by atoms with Crippen molar-refractivity contribution in [1.29, 1.82) is 0 Å². The zero-order valence-corrected chi connectivity index (χ0v) is 13.7. The molecule has 6 heteroatoms. The minimum absolute atomic E-state index is 0.0878. The van der Waals surface area contributed by atoms with E-state index in [-0.39, 0.29) is 17.4 Å². The van der Waals surface area contributed by atoms with Gasteiger partial charge in [0.25, 0.3) is 5.91 Å². The van der Waals surface area contributed by atoms with E-state index in [4.69, 9.17) is 4.74 Å². The third kappa shape index (κ3) is 2.12. The number of nitrogens with one attached hydrogen (secondary N) is 2. The highest BCUT2D eigenvalue weighted by Gasteiger charge is 2.39. The van der Waals surface area contributed by atoms with E-state index >= 15 is 0 Å². The van der Waals surface area contributed by atoms with Crippen LogP contribution in [0.1, 0.15) is 32.3 Å². The number of fused-ring (bicyclic) bond motifs is 3. The van der Waals surface area contributed by atoms with Crippen molar-refractivity contribution >= 4 is 17.4 Å². The maximum atomic E-state index is 12.0. The summed E-state index contributed by atoms with van der Waals surface area (Å²) in [5.41, 5.74) is 5.06. The van der Waals surface area contributed by atoms with Crippen molar-refractivity contribution in [2.24, 2.45) is 10.5 Å². The Morgan fingerprint density at radius 3 is 2.91 bits per heavy atom. The van der Waals surface area contributed by atoms with Crippen LogP contribution in [0, 0.1) is 5.41 Å². The Morgan fingerprint density at radius 1 is 1.43 bits per heavy atom. The zero-order chi connectivity index (χ0) is 16.2. The summed E-state index contributed by atoms with van der Waals surface area (Å²) in [6, 6.07) is 6.04. The lowest BCUT2D eigenvalue weighted by molar-refractivity contribution is -0.122. The number of hydrogen-bond donors (Lipinski definition) is 2. The number of anilines is 1. The fourth-order valence-electron chi connectivity index (χ4n) is 3.54. The molecule has 6 nitrogen and oxygen atoms in total. The van der Waals surface area contributed by atoms with Crippen LogP contribution < -0.4 is 20.4 Å². The average molecular weight is 314 g/mol. The Hall–Kier alpha value is -2.08. The summed E-state index contributed by atoms with van der Waals surface area (Å²) in [7, 11) is 0.